The Balaban J connectivity index is 3.17. The van der Waals surface area contributed by atoms with E-state index in [0.717, 1.165) is 5.56 Å². The number of carboxylic acids is 1. The molecule has 0 aromatic heterocycles. The maximum atomic E-state index is 10.6. The van der Waals surface area contributed by atoms with Gasteiger partial charge in [0.15, 0.2) is 0 Å². The molecule has 64 valence electrons. The van der Waals surface area contributed by atoms with Crippen LogP contribution in [0.15, 0.2) is 18.2 Å². The summed E-state index contributed by atoms with van der Waals surface area (Å²) in [6, 6.07) is 4.74. The third kappa shape index (κ3) is 1.54. The van der Waals surface area contributed by atoms with E-state index in [1.165, 1.54) is 6.07 Å². The number of carboxylic acid groups (broad SMARTS) is 1. The lowest BCUT2D eigenvalue weighted by atomic mass is 10.1. The van der Waals surface area contributed by atoms with Gasteiger partial charge in [0.2, 0.25) is 0 Å². The summed E-state index contributed by atoms with van der Waals surface area (Å²) in [6.07, 6.45) is 0. The van der Waals surface area contributed by atoms with E-state index >= 15 is 0 Å². The number of rotatable bonds is 2. The second-order valence-electron chi connectivity index (χ2n) is 2.43. The number of carbonyl (C=O) groups is 1. The monoisotopic (exact) mass is 166 g/mol. The zero-order valence-electron chi connectivity index (χ0n) is 6.45. The van der Waals surface area contributed by atoms with Crippen LogP contribution in [0.4, 0.5) is 5.69 Å². The highest BCUT2D eigenvalue weighted by atomic mass is 16.4. The molecule has 1 aromatic carbocycles. The predicted octanol–water partition coefficient (Wildman–Crippen LogP) is 0.426. The Kier molecular flexibility index (Phi) is 2.30. The summed E-state index contributed by atoms with van der Waals surface area (Å²) in [5.74, 6) is -1.03. The van der Waals surface area contributed by atoms with E-state index in [1.54, 1.807) is 12.1 Å². The van der Waals surface area contributed by atoms with Crippen molar-refractivity contribution in [1.29, 1.82) is 0 Å². The van der Waals surface area contributed by atoms with Crippen LogP contribution in [0.25, 0.3) is 0 Å². The van der Waals surface area contributed by atoms with Crippen LogP contribution >= 0.6 is 0 Å². The molecule has 0 unspecified atom stereocenters. The van der Waals surface area contributed by atoms with Gasteiger partial charge in [0.05, 0.1) is 5.56 Å². The van der Waals surface area contributed by atoms with E-state index in [4.69, 9.17) is 16.6 Å². The quantitative estimate of drug-likeness (QED) is 0.555. The highest BCUT2D eigenvalue weighted by molar-refractivity contribution is 5.93. The first kappa shape index (κ1) is 8.55. The van der Waals surface area contributed by atoms with Gasteiger partial charge in [0.25, 0.3) is 0 Å². The summed E-state index contributed by atoms with van der Waals surface area (Å²) in [5.41, 5.74) is 11.9. The summed E-state index contributed by atoms with van der Waals surface area (Å²) in [7, 11) is 0. The summed E-state index contributed by atoms with van der Waals surface area (Å²) in [5, 5.41) is 8.66. The van der Waals surface area contributed by atoms with Crippen LogP contribution < -0.4 is 11.5 Å². The predicted molar refractivity (Wildman–Crippen MR) is 45.7 cm³/mol. The van der Waals surface area contributed by atoms with E-state index in [2.05, 4.69) is 0 Å². The highest BCUT2D eigenvalue weighted by Crippen LogP contribution is 2.13. The number of nitrogens with two attached hydrogens (primary N) is 2. The minimum atomic E-state index is -1.03. The van der Waals surface area contributed by atoms with Crippen molar-refractivity contribution >= 4 is 11.7 Å². The summed E-state index contributed by atoms with van der Waals surface area (Å²) >= 11 is 0. The van der Waals surface area contributed by atoms with Gasteiger partial charge >= 0.3 is 5.97 Å². The van der Waals surface area contributed by atoms with Gasteiger partial charge in [-0.1, -0.05) is 6.07 Å². The van der Waals surface area contributed by atoms with Gasteiger partial charge in [-0.25, -0.2) is 4.79 Å². The number of anilines is 1. The first-order valence-corrected chi connectivity index (χ1v) is 3.47. The van der Waals surface area contributed by atoms with Crippen molar-refractivity contribution in [1.82, 2.24) is 0 Å². The normalized spacial score (nSPS) is 9.75. The molecule has 1 aromatic rings. The second kappa shape index (κ2) is 3.23. The molecule has 0 heterocycles. The highest BCUT2D eigenvalue weighted by Gasteiger charge is 2.07. The topological polar surface area (TPSA) is 89.3 Å². The van der Waals surface area contributed by atoms with Gasteiger partial charge < -0.3 is 16.6 Å². The Morgan fingerprint density at radius 3 is 2.67 bits per heavy atom. The third-order valence-electron chi connectivity index (χ3n) is 1.58. The first-order valence-electron chi connectivity index (χ1n) is 3.47. The minimum absolute atomic E-state index is 0.109. The van der Waals surface area contributed by atoms with Crippen LogP contribution in [-0.2, 0) is 6.54 Å². The van der Waals surface area contributed by atoms with E-state index in [1.807, 2.05) is 0 Å². The van der Waals surface area contributed by atoms with Gasteiger partial charge in [0.1, 0.15) is 0 Å². The van der Waals surface area contributed by atoms with Crippen molar-refractivity contribution < 1.29 is 9.90 Å². The minimum Gasteiger partial charge on any atom is -0.478 e. The van der Waals surface area contributed by atoms with Gasteiger partial charge in [-0.2, -0.15) is 0 Å². The molecule has 12 heavy (non-hydrogen) atoms. The first-order chi connectivity index (χ1) is 5.65. The molecule has 0 saturated heterocycles. The molecule has 0 fully saturated rings. The number of hydrogen-bond donors (Lipinski definition) is 3. The molecular formula is C8H10N2O2. The van der Waals surface area contributed by atoms with Crippen LogP contribution in [0.1, 0.15) is 15.9 Å². The molecule has 0 aliphatic carbocycles. The Hall–Kier alpha value is -1.55. The van der Waals surface area contributed by atoms with Gasteiger partial charge in [0, 0.05) is 12.2 Å². The van der Waals surface area contributed by atoms with Crippen molar-refractivity contribution in [3.63, 3.8) is 0 Å². The zero-order valence-corrected chi connectivity index (χ0v) is 6.45. The average Bonchev–Trinajstić information content (AvgIpc) is 2.05. The van der Waals surface area contributed by atoms with Crippen molar-refractivity contribution in [3.05, 3.63) is 29.3 Å². The molecule has 0 aliphatic heterocycles. The van der Waals surface area contributed by atoms with E-state index in [9.17, 15) is 4.79 Å². The Morgan fingerprint density at radius 2 is 2.17 bits per heavy atom. The molecular weight excluding hydrogens is 156 g/mol. The Labute approximate surface area is 69.8 Å². The molecule has 0 atom stereocenters. The van der Waals surface area contributed by atoms with Gasteiger partial charge in [-0.3, -0.25) is 0 Å². The molecule has 4 heteroatoms. The molecule has 1 rings (SSSR count). The molecule has 5 N–H and O–H groups in total. The summed E-state index contributed by atoms with van der Waals surface area (Å²) in [6.45, 7) is 0.320. The standard InChI is InChI=1S/C8H10N2O2/c9-4-5-1-2-7(10)6(3-5)8(11)12/h1-3H,4,9-10H2,(H,11,12). The van der Waals surface area contributed by atoms with Crippen LogP contribution in [0.2, 0.25) is 0 Å². The molecule has 0 radical (unpaired) electrons. The number of aromatic carboxylic acids is 1. The maximum absolute atomic E-state index is 10.6. The van der Waals surface area contributed by atoms with E-state index in [-0.39, 0.29) is 11.3 Å². The lowest BCUT2D eigenvalue weighted by Gasteiger charge is -2.02. The third-order valence-corrected chi connectivity index (χ3v) is 1.58. The number of hydrogen-bond acceptors (Lipinski definition) is 3. The lowest BCUT2D eigenvalue weighted by Crippen LogP contribution is -2.05. The van der Waals surface area contributed by atoms with Crippen molar-refractivity contribution in [2.75, 3.05) is 5.73 Å². The van der Waals surface area contributed by atoms with Gasteiger partial charge in [-0.15, -0.1) is 0 Å². The molecule has 0 amide bonds. The maximum Gasteiger partial charge on any atom is 0.337 e. The molecule has 0 spiro atoms. The SMILES string of the molecule is NCc1ccc(N)c(C(=O)O)c1. The zero-order chi connectivity index (χ0) is 9.14. The average molecular weight is 166 g/mol. The summed E-state index contributed by atoms with van der Waals surface area (Å²) in [4.78, 5) is 10.6. The van der Waals surface area contributed by atoms with Crippen molar-refractivity contribution in [2.45, 2.75) is 6.54 Å². The van der Waals surface area contributed by atoms with Crippen LogP contribution in [0.3, 0.4) is 0 Å². The van der Waals surface area contributed by atoms with Crippen LogP contribution in [-0.4, -0.2) is 11.1 Å². The number of benzene rings is 1. The fourth-order valence-electron chi connectivity index (χ4n) is 0.916. The van der Waals surface area contributed by atoms with Crippen LogP contribution in [0.5, 0.6) is 0 Å². The van der Waals surface area contributed by atoms with Crippen molar-refractivity contribution in [2.24, 2.45) is 5.73 Å². The van der Waals surface area contributed by atoms with Gasteiger partial charge in [-0.05, 0) is 17.7 Å². The van der Waals surface area contributed by atoms with Crippen molar-refractivity contribution in [3.8, 4) is 0 Å². The molecule has 0 aliphatic rings. The number of nitrogen functional groups attached to an aromatic ring is 1. The van der Waals surface area contributed by atoms with E-state index < -0.39 is 5.97 Å². The second-order valence-corrected chi connectivity index (χ2v) is 2.43. The molecule has 4 nitrogen and oxygen atoms in total. The molecule has 0 bridgehead atoms. The smallest absolute Gasteiger partial charge is 0.337 e. The lowest BCUT2D eigenvalue weighted by molar-refractivity contribution is 0.0698. The molecule has 0 saturated carbocycles. The summed E-state index contributed by atoms with van der Waals surface area (Å²) < 4.78 is 0. The Bertz CT molecular complexity index is 310. The fourth-order valence-corrected chi connectivity index (χ4v) is 0.916. The van der Waals surface area contributed by atoms with Crippen LogP contribution in [0, 0.1) is 0 Å². The Morgan fingerprint density at radius 1 is 1.50 bits per heavy atom. The fraction of sp³-hybridized carbons (Fsp3) is 0.125. The van der Waals surface area contributed by atoms with E-state index in [0.29, 0.717) is 6.54 Å². The largest absolute Gasteiger partial charge is 0.478 e.